The number of carboxylic acid groups (broad SMARTS) is 1. The Morgan fingerprint density at radius 3 is 2.32 bits per heavy atom. The number of alkyl halides is 3. The summed E-state index contributed by atoms with van der Waals surface area (Å²) in [5, 5.41) is 15.0. The van der Waals surface area contributed by atoms with E-state index in [4.69, 9.17) is 0 Å². The first kappa shape index (κ1) is 24.2. The smallest absolute Gasteiger partial charge is 0.417 e. The molecule has 0 aliphatic carbocycles. The quantitative estimate of drug-likeness (QED) is 0.395. The van der Waals surface area contributed by atoms with E-state index < -0.39 is 47.2 Å². The van der Waals surface area contributed by atoms with Gasteiger partial charge >= 0.3 is 6.18 Å². The van der Waals surface area contributed by atoms with Gasteiger partial charge in [-0.05, 0) is 35.4 Å². The van der Waals surface area contributed by atoms with Crippen LogP contribution >= 0.6 is 0 Å². The number of amides is 2. The molecule has 0 unspecified atom stereocenters. The topological polar surface area (TPSA) is 111 Å². The molecule has 3 rings (SSSR count). The number of hydrogen-bond acceptors (Lipinski definition) is 5. The highest BCUT2D eigenvalue weighted by Crippen LogP contribution is 2.37. The zero-order valence-electron chi connectivity index (χ0n) is 17.5. The molecular weight excluding hydrogens is 451 g/mol. The van der Waals surface area contributed by atoms with E-state index in [1.165, 1.54) is 6.07 Å². The Labute approximate surface area is 192 Å². The summed E-state index contributed by atoms with van der Waals surface area (Å²) in [4.78, 5) is 40.1. The normalized spacial score (nSPS) is 10.9. The van der Waals surface area contributed by atoms with Gasteiger partial charge in [0, 0.05) is 23.5 Å². The summed E-state index contributed by atoms with van der Waals surface area (Å²) in [6, 6.07) is 11.4. The number of ketones is 1. The third-order valence-electron chi connectivity index (χ3n) is 4.73. The highest BCUT2D eigenvalue weighted by atomic mass is 19.4. The van der Waals surface area contributed by atoms with E-state index >= 15 is 0 Å². The van der Waals surface area contributed by atoms with Crippen LogP contribution in [0, 0.1) is 0 Å². The van der Waals surface area contributed by atoms with Gasteiger partial charge in [0.2, 0.25) is 5.91 Å². The number of anilines is 2. The minimum atomic E-state index is -4.80. The molecule has 0 saturated carbocycles. The Morgan fingerprint density at radius 1 is 1.00 bits per heavy atom. The number of carbonyl (C=O) groups is 3. The minimum absolute atomic E-state index is 0.211. The second-order valence-corrected chi connectivity index (χ2v) is 7.07. The van der Waals surface area contributed by atoms with Crippen LogP contribution in [0.1, 0.15) is 27.9 Å². The average molecular weight is 468 g/mol. The predicted octanol–water partition coefficient (Wildman–Crippen LogP) is 4.38. The van der Waals surface area contributed by atoms with Gasteiger partial charge in [-0.15, -0.1) is 0 Å². The van der Waals surface area contributed by atoms with Gasteiger partial charge in [-0.3, -0.25) is 14.6 Å². The van der Waals surface area contributed by atoms with Gasteiger partial charge in [-0.25, -0.2) is 0 Å². The van der Waals surface area contributed by atoms with E-state index in [2.05, 4.69) is 16.9 Å². The summed E-state index contributed by atoms with van der Waals surface area (Å²) in [6.07, 6.45) is -3.19. The zero-order chi connectivity index (χ0) is 24.9. The van der Waals surface area contributed by atoms with Crippen molar-refractivity contribution >= 4 is 35.2 Å². The summed E-state index contributed by atoms with van der Waals surface area (Å²) in [7, 11) is 0. The molecule has 2 aromatic carbocycles. The average Bonchev–Trinajstić information content (AvgIpc) is 2.79. The van der Waals surface area contributed by atoms with Crippen molar-refractivity contribution in [3.8, 4) is 11.1 Å². The standard InChI is InChI=1S/C24H18F3N3O4/c1-2-14-10-19(30-23(33)34)20(11-18(14)24(25,26)27)29-22(32)12-21(31)16-6-3-5-15(9-16)17-7-4-8-28-13-17/h2-11,13,30H,1,12H2,(H,29,32)(H,33,34)/p-1. The van der Waals surface area contributed by atoms with Gasteiger partial charge in [-0.2, -0.15) is 13.2 Å². The van der Waals surface area contributed by atoms with E-state index in [9.17, 15) is 32.7 Å². The highest BCUT2D eigenvalue weighted by Gasteiger charge is 2.34. The Bertz CT molecular complexity index is 1260. The van der Waals surface area contributed by atoms with Gasteiger partial charge in [-0.1, -0.05) is 36.9 Å². The van der Waals surface area contributed by atoms with Gasteiger partial charge in [0.25, 0.3) is 0 Å². The molecule has 1 aromatic heterocycles. The van der Waals surface area contributed by atoms with E-state index in [1.54, 1.807) is 42.7 Å². The monoisotopic (exact) mass is 468 g/mol. The minimum Gasteiger partial charge on any atom is -0.530 e. The third-order valence-corrected chi connectivity index (χ3v) is 4.73. The summed E-state index contributed by atoms with van der Waals surface area (Å²) in [5.41, 5.74) is -0.736. The number of nitrogens with one attached hydrogen (secondary N) is 2. The van der Waals surface area contributed by atoms with Crippen LogP contribution < -0.4 is 15.7 Å². The number of rotatable bonds is 7. The first-order valence-corrected chi connectivity index (χ1v) is 9.77. The number of halogens is 3. The molecule has 0 fully saturated rings. The van der Waals surface area contributed by atoms with Gasteiger partial charge in [0.15, 0.2) is 5.78 Å². The lowest BCUT2D eigenvalue weighted by Gasteiger charge is -2.18. The molecule has 174 valence electrons. The van der Waals surface area contributed by atoms with Crippen LogP contribution in [0.3, 0.4) is 0 Å². The Kier molecular flexibility index (Phi) is 7.10. The van der Waals surface area contributed by atoms with Crippen molar-refractivity contribution in [2.24, 2.45) is 0 Å². The lowest BCUT2D eigenvalue weighted by Crippen LogP contribution is -2.29. The molecule has 7 nitrogen and oxygen atoms in total. The number of nitrogens with zero attached hydrogens (tertiary/aromatic N) is 1. The van der Waals surface area contributed by atoms with Crippen LogP contribution in [0.15, 0.2) is 67.5 Å². The van der Waals surface area contributed by atoms with E-state index in [1.807, 2.05) is 5.32 Å². The molecule has 0 bridgehead atoms. The van der Waals surface area contributed by atoms with Gasteiger partial charge < -0.3 is 20.5 Å². The SMILES string of the molecule is C=Cc1cc(NC(=O)[O-])c(NC(=O)CC(=O)c2cccc(-c3cccnc3)c2)cc1C(F)(F)F. The first-order valence-electron chi connectivity index (χ1n) is 9.77. The Hall–Kier alpha value is -4.47. The predicted molar refractivity (Wildman–Crippen MR) is 118 cm³/mol. The fraction of sp³-hybridized carbons (Fsp3) is 0.0833. The lowest BCUT2D eigenvalue weighted by atomic mass is 10.0. The second kappa shape index (κ2) is 9.99. The van der Waals surface area contributed by atoms with E-state index in [0.717, 1.165) is 17.7 Å². The molecule has 34 heavy (non-hydrogen) atoms. The van der Waals surface area contributed by atoms with E-state index in [-0.39, 0.29) is 11.3 Å². The molecule has 0 atom stereocenters. The van der Waals surface area contributed by atoms with Crippen molar-refractivity contribution in [1.29, 1.82) is 0 Å². The van der Waals surface area contributed by atoms with Crippen molar-refractivity contribution in [3.63, 3.8) is 0 Å². The molecule has 3 aromatic rings. The molecule has 2 amide bonds. The van der Waals surface area contributed by atoms with Crippen LogP contribution in [0.2, 0.25) is 0 Å². The zero-order valence-corrected chi connectivity index (χ0v) is 17.5. The van der Waals surface area contributed by atoms with E-state index in [0.29, 0.717) is 11.6 Å². The fourth-order valence-electron chi connectivity index (χ4n) is 3.20. The summed E-state index contributed by atoms with van der Waals surface area (Å²) in [5.74, 6) is -1.52. The number of carbonyl (C=O) groups excluding carboxylic acids is 3. The molecule has 0 saturated heterocycles. The first-order chi connectivity index (χ1) is 16.1. The van der Waals surface area contributed by atoms with Crippen molar-refractivity contribution in [3.05, 3.63) is 84.2 Å². The highest BCUT2D eigenvalue weighted by molar-refractivity contribution is 6.12. The third kappa shape index (κ3) is 5.85. The van der Waals surface area contributed by atoms with Crippen molar-refractivity contribution < 1.29 is 32.7 Å². The Morgan fingerprint density at radius 2 is 1.71 bits per heavy atom. The van der Waals surface area contributed by atoms with Crippen LogP contribution in [-0.4, -0.2) is 22.8 Å². The summed E-state index contributed by atoms with van der Waals surface area (Å²) < 4.78 is 40.2. The molecule has 0 aliphatic rings. The molecule has 0 spiro atoms. The molecule has 1 heterocycles. The fourth-order valence-corrected chi connectivity index (χ4v) is 3.20. The summed E-state index contributed by atoms with van der Waals surface area (Å²) in [6.45, 7) is 3.29. The summed E-state index contributed by atoms with van der Waals surface area (Å²) >= 11 is 0. The molecule has 10 heteroatoms. The van der Waals surface area contributed by atoms with Crippen molar-refractivity contribution in [2.45, 2.75) is 12.6 Å². The molecular formula is C24H17F3N3O4-. The van der Waals surface area contributed by atoms with Crippen LogP contribution in [0.5, 0.6) is 0 Å². The number of aromatic nitrogens is 1. The van der Waals surface area contributed by atoms with Crippen molar-refractivity contribution in [2.75, 3.05) is 10.6 Å². The van der Waals surface area contributed by atoms with Crippen LogP contribution in [0.4, 0.5) is 29.3 Å². The largest absolute Gasteiger partial charge is 0.530 e. The maximum absolute atomic E-state index is 13.4. The second-order valence-electron chi connectivity index (χ2n) is 7.07. The van der Waals surface area contributed by atoms with Gasteiger partial charge in [0.05, 0.1) is 23.4 Å². The number of Topliss-reactive ketones (excluding diaryl/α,β-unsaturated/α-hetero) is 1. The van der Waals surface area contributed by atoms with Gasteiger partial charge in [0.1, 0.15) is 6.09 Å². The molecule has 0 radical (unpaired) electrons. The van der Waals surface area contributed by atoms with Crippen LogP contribution in [-0.2, 0) is 11.0 Å². The van der Waals surface area contributed by atoms with Crippen LogP contribution in [0.25, 0.3) is 17.2 Å². The maximum Gasteiger partial charge on any atom is 0.417 e. The molecule has 2 N–H and O–H groups in total. The molecule has 0 aliphatic heterocycles. The Balaban J connectivity index is 1.84. The van der Waals surface area contributed by atoms with Crippen molar-refractivity contribution in [1.82, 2.24) is 4.98 Å². The number of benzene rings is 2. The number of pyridine rings is 1. The number of hydrogen-bond donors (Lipinski definition) is 2. The maximum atomic E-state index is 13.4. The lowest BCUT2D eigenvalue weighted by molar-refractivity contribution is -0.242.